The molecule has 2 rings (SSSR count). The maximum Gasteiger partial charge on any atom is 0.331 e. The van der Waals surface area contributed by atoms with Gasteiger partial charge in [-0.05, 0) is 11.4 Å². The van der Waals surface area contributed by atoms with Crippen molar-refractivity contribution in [3.63, 3.8) is 0 Å². The van der Waals surface area contributed by atoms with Crippen molar-refractivity contribution >= 4 is 28.7 Å². The van der Waals surface area contributed by atoms with Crippen LogP contribution in [0.4, 0.5) is 20.2 Å². The summed E-state index contributed by atoms with van der Waals surface area (Å²) in [4.78, 5) is 21.1. The Morgan fingerprint density at radius 2 is 2.00 bits per heavy atom. The first-order valence-electron chi connectivity index (χ1n) is 5.56. The summed E-state index contributed by atoms with van der Waals surface area (Å²) in [7, 11) is 0. The molecular formula is C12H8F2N2O4S. The highest BCUT2D eigenvalue weighted by atomic mass is 32.1. The first-order valence-corrected chi connectivity index (χ1v) is 6.44. The predicted octanol–water partition coefficient (Wildman–Crippen LogP) is 3.17. The lowest BCUT2D eigenvalue weighted by molar-refractivity contribution is -0.385. The van der Waals surface area contributed by atoms with Gasteiger partial charge in [0.2, 0.25) is 0 Å². The molecule has 0 radical (unpaired) electrons. The monoisotopic (exact) mass is 314 g/mol. The third-order valence-electron chi connectivity index (χ3n) is 2.60. The van der Waals surface area contributed by atoms with Crippen molar-refractivity contribution in [2.75, 3.05) is 5.32 Å². The number of benzene rings is 1. The molecule has 0 spiro atoms. The van der Waals surface area contributed by atoms with Crippen LogP contribution in [0.5, 0.6) is 0 Å². The molecule has 21 heavy (non-hydrogen) atoms. The van der Waals surface area contributed by atoms with Crippen LogP contribution in [0, 0.1) is 21.7 Å². The topological polar surface area (TPSA) is 92.5 Å². The van der Waals surface area contributed by atoms with Crippen LogP contribution in [-0.2, 0) is 4.79 Å². The zero-order chi connectivity index (χ0) is 15.6. The van der Waals surface area contributed by atoms with Gasteiger partial charge < -0.3 is 10.4 Å². The number of thiophene rings is 1. The molecule has 0 aliphatic heterocycles. The average Bonchev–Trinajstić information content (AvgIpc) is 2.90. The van der Waals surface area contributed by atoms with Crippen molar-refractivity contribution in [1.82, 2.24) is 0 Å². The van der Waals surface area contributed by atoms with Crippen molar-refractivity contribution in [1.29, 1.82) is 0 Å². The van der Waals surface area contributed by atoms with Gasteiger partial charge in [-0.1, -0.05) is 6.07 Å². The predicted molar refractivity (Wildman–Crippen MR) is 71.3 cm³/mol. The molecule has 6 nitrogen and oxygen atoms in total. The van der Waals surface area contributed by atoms with E-state index in [1.54, 1.807) is 11.4 Å². The molecule has 2 N–H and O–H groups in total. The lowest BCUT2D eigenvalue weighted by Gasteiger charge is -2.15. The molecule has 0 amide bonds. The van der Waals surface area contributed by atoms with Gasteiger partial charge in [0.25, 0.3) is 5.69 Å². The third-order valence-corrected chi connectivity index (χ3v) is 3.54. The average molecular weight is 314 g/mol. The molecule has 110 valence electrons. The molecule has 1 aromatic heterocycles. The number of nitro groups is 1. The fourth-order valence-corrected chi connectivity index (χ4v) is 2.42. The van der Waals surface area contributed by atoms with Crippen molar-refractivity contribution in [3.05, 3.63) is 56.3 Å². The Hall–Kier alpha value is -2.55. The lowest BCUT2D eigenvalue weighted by atomic mass is 10.2. The number of nitro benzene ring substituents is 1. The van der Waals surface area contributed by atoms with E-state index in [1.807, 2.05) is 0 Å². The Labute approximate surface area is 120 Å². The van der Waals surface area contributed by atoms with E-state index in [0.29, 0.717) is 17.0 Å². The SMILES string of the molecule is O=C(O)C(Nc1c(F)cc([N+](=O)[O-])cc1F)c1cccs1. The summed E-state index contributed by atoms with van der Waals surface area (Å²) in [6, 6.07) is 2.80. The van der Waals surface area contributed by atoms with Crippen LogP contribution in [0.1, 0.15) is 10.9 Å². The van der Waals surface area contributed by atoms with Gasteiger partial charge in [-0.3, -0.25) is 10.1 Å². The fraction of sp³-hybridized carbons (Fsp3) is 0.0833. The Morgan fingerprint density at radius 1 is 1.38 bits per heavy atom. The van der Waals surface area contributed by atoms with Gasteiger partial charge in [-0.15, -0.1) is 11.3 Å². The van der Waals surface area contributed by atoms with Crippen molar-refractivity contribution in [2.24, 2.45) is 0 Å². The molecular weight excluding hydrogens is 306 g/mol. The Balaban J connectivity index is 2.38. The van der Waals surface area contributed by atoms with E-state index in [2.05, 4.69) is 5.32 Å². The van der Waals surface area contributed by atoms with E-state index in [1.165, 1.54) is 6.07 Å². The second-order valence-electron chi connectivity index (χ2n) is 3.97. The lowest BCUT2D eigenvalue weighted by Crippen LogP contribution is -2.20. The summed E-state index contributed by atoms with van der Waals surface area (Å²) < 4.78 is 27.5. The molecule has 0 saturated carbocycles. The zero-order valence-corrected chi connectivity index (χ0v) is 11.1. The molecule has 0 aliphatic carbocycles. The van der Waals surface area contributed by atoms with E-state index < -0.39 is 39.9 Å². The Bertz CT molecular complexity index is 668. The number of hydrogen-bond acceptors (Lipinski definition) is 5. The van der Waals surface area contributed by atoms with Crippen molar-refractivity contribution in [3.8, 4) is 0 Å². The quantitative estimate of drug-likeness (QED) is 0.653. The molecule has 0 bridgehead atoms. The normalized spacial score (nSPS) is 11.9. The summed E-state index contributed by atoms with van der Waals surface area (Å²) in [6.45, 7) is 0. The van der Waals surface area contributed by atoms with Crippen LogP contribution in [-0.4, -0.2) is 16.0 Å². The fourth-order valence-electron chi connectivity index (χ4n) is 1.66. The van der Waals surface area contributed by atoms with Crippen LogP contribution >= 0.6 is 11.3 Å². The van der Waals surface area contributed by atoms with Gasteiger partial charge in [0.1, 0.15) is 5.69 Å². The molecule has 0 fully saturated rings. The van der Waals surface area contributed by atoms with E-state index in [-0.39, 0.29) is 0 Å². The van der Waals surface area contributed by atoms with E-state index >= 15 is 0 Å². The zero-order valence-electron chi connectivity index (χ0n) is 10.2. The van der Waals surface area contributed by atoms with Crippen molar-refractivity contribution < 1.29 is 23.6 Å². The van der Waals surface area contributed by atoms with Crippen molar-refractivity contribution in [2.45, 2.75) is 6.04 Å². The standard InChI is InChI=1S/C12H8F2N2O4S/c13-7-4-6(16(19)20)5-8(14)10(7)15-11(12(17)18)9-2-1-3-21-9/h1-5,11,15H,(H,17,18). The molecule has 9 heteroatoms. The third kappa shape index (κ3) is 3.14. The highest BCUT2D eigenvalue weighted by Gasteiger charge is 2.25. The minimum atomic E-state index is -1.35. The second kappa shape index (κ2) is 5.83. The minimum absolute atomic E-state index is 0.347. The van der Waals surface area contributed by atoms with Crippen LogP contribution in [0.3, 0.4) is 0 Å². The maximum absolute atomic E-state index is 13.7. The molecule has 1 atom stereocenters. The number of carbonyl (C=O) groups is 1. The van der Waals surface area contributed by atoms with Crippen LogP contribution < -0.4 is 5.32 Å². The summed E-state index contributed by atoms with van der Waals surface area (Å²) in [6.07, 6.45) is 0. The molecule has 1 aromatic carbocycles. The minimum Gasteiger partial charge on any atom is -0.479 e. The molecule has 1 unspecified atom stereocenters. The first kappa shape index (κ1) is 14.9. The highest BCUT2D eigenvalue weighted by Crippen LogP contribution is 2.30. The summed E-state index contributed by atoms with van der Waals surface area (Å²) >= 11 is 1.10. The Kier molecular flexibility index (Phi) is 4.13. The largest absolute Gasteiger partial charge is 0.479 e. The molecule has 1 heterocycles. The number of hydrogen-bond donors (Lipinski definition) is 2. The number of aliphatic carboxylic acids is 1. The van der Waals surface area contributed by atoms with E-state index in [0.717, 1.165) is 11.3 Å². The number of nitrogens with zero attached hydrogens (tertiary/aromatic N) is 1. The smallest absolute Gasteiger partial charge is 0.331 e. The molecule has 2 aromatic rings. The van der Waals surface area contributed by atoms with Crippen LogP contribution in [0.2, 0.25) is 0 Å². The number of nitrogens with one attached hydrogen (secondary N) is 1. The number of halogens is 2. The van der Waals surface area contributed by atoms with Gasteiger partial charge in [-0.2, -0.15) is 0 Å². The summed E-state index contributed by atoms with van der Waals surface area (Å²) in [5, 5.41) is 23.5. The van der Waals surface area contributed by atoms with Crippen LogP contribution in [0.25, 0.3) is 0 Å². The van der Waals surface area contributed by atoms with Gasteiger partial charge in [0, 0.05) is 4.88 Å². The maximum atomic E-state index is 13.7. The van der Waals surface area contributed by atoms with Gasteiger partial charge in [0.15, 0.2) is 17.7 Å². The molecule has 0 saturated heterocycles. The Morgan fingerprint density at radius 3 is 2.43 bits per heavy atom. The highest BCUT2D eigenvalue weighted by molar-refractivity contribution is 7.10. The van der Waals surface area contributed by atoms with Gasteiger partial charge in [-0.25, -0.2) is 13.6 Å². The van der Waals surface area contributed by atoms with E-state index in [9.17, 15) is 23.7 Å². The van der Waals surface area contributed by atoms with Crippen LogP contribution in [0.15, 0.2) is 29.6 Å². The first-order chi connectivity index (χ1) is 9.90. The number of carboxylic acids is 1. The molecule has 0 aliphatic rings. The summed E-state index contributed by atoms with van der Waals surface area (Å²) in [5.74, 6) is -3.79. The van der Waals surface area contributed by atoms with E-state index in [4.69, 9.17) is 5.11 Å². The number of anilines is 1. The summed E-state index contributed by atoms with van der Waals surface area (Å²) in [5.41, 5.74) is -1.47. The number of non-ortho nitro benzene ring substituents is 1. The van der Waals surface area contributed by atoms with Gasteiger partial charge >= 0.3 is 5.97 Å². The number of rotatable bonds is 5. The number of carboxylic acid groups (broad SMARTS) is 1. The van der Waals surface area contributed by atoms with Gasteiger partial charge in [0.05, 0.1) is 17.1 Å². The second-order valence-corrected chi connectivity index (χ2v) is 4.95.